The minimum atomic E-state index is 0.164. The summed E-state index contributed by atoms with van der Waals surface area (Å²) in [4.78, 5) is 6.73. The maximum Gasteiger partial charge on any atom is 0.243 e. The van der Waals surface area contributed by atoms with Crippen molar-refractivity contribution in [1.82, 2.24) is 15.0 Å². The van der Waals surface area contributed by atoms with Crippen LogP contribution in [0.3, 0.4) is 0 Å². The molecule has 5 heteroatoms. The van der Waals surface area contributed by atoms with Crippen LogP contribution in [0.2, 0.25) is 0 Å². The van der Waals surface area contributed by atoms with Crippen molar-refractivity contribution in [2.24, 2.45) is 0 Å². The second-order valence-electron chi connectivity index (χ2n) is 6.43. The van der Waals surface area contributed by atoms with Crippen LogP contribution in [0.4, 0.5) is 0 Å². The van der Waals surface area contributed by atoms with Gasteiger partial charge in [-0.3, -0.25) is 4.90 Å². The van der Waals surface area contributed by atoms with E-state index in [1.165, 1.54) is 11.1 Å². The summed E-state index contributed by atoms with van der Waals surface area (Å²) in [5.74, 6) is 2.45. The van der Waals surface area contributed by atoms with E-state index in [9.17, 15) is 0 Å². The number of nitrogens with zero attached hydrogens (tertiary/aromatic N) is 3. The second kappa shape index (κ2) is 6.71. The molecule has 1 saturated heterocycles. The smallest absolute Gasteiger partial charge is 0.243 e. The van der Waals surface area contributed by atoms with E-state index in [2.05, 4.69) is 54.0 Å². The molecule has 124 valence electrons. The van der Waals surface area contributed by atoms with Crippen LogP contribution >= 0.6 is 0 Å². The van der Waals surface area contributed by atoms with Gasteiger partial charge in [-0.05, 0) is 51.7 Å². The van der Waals surface area contributed by atoms with E-state index in [-0.39, 0.29) is 12.1 Å². The van der Waals surface area contributed by atoms with Crippen molar-refractivity contribution >= 4 is 0 Å². The Morgan fingerprint density at radius 3 is 2.39 bits per heavy atom. The molecule has 1 atom stereocenters. The Hall–Kier alpha value is -1.88. The van der Waals surface area contributed by atoms with Crippen molar-refractivity contribution in [1.29, 1.82) is 0 Å². The summed E-state index contributed by atoms with van der Waals surface area (Å²) in [6, 6.07) is 6.46. The fourth-order valence-corrected chi connectivity index (χ4v) is 3.17. The van der Waals surface area contributed by atoms with E-state index in [0.717, 1.165) is 31.7 Å². The topological polar surface area (TPSA) is 51.4 Å². The molecule has 0 amide bonds. The number of aryl methyl sites for hydroxylation is 3. The summed E-state index contributed by atoms with van der Waals surface area (Å²) in [5.41, 5.74) is 2.42. The van der Waals surface area contributed by atoms with Crippen LogP contribution in [-0.2, 0) is 0 Å². The van der Waals surface area contributed by atoms with Gasteiger partial charge in [-0.2, -0.15) is 4.98 Å². The third-order valence-electron chi connectivity index (χ3n) is 4.62. The first-order chi connectivity index (χ1) is 11.0. The van der Waals surface area contributed by atoms with Gasteiger partial charge in [0.2, 0.25) is 5.89 Å². The number of ether oxygens (including phenoxy) is 1. The van der Waals surface area contributed by atoms with Crippen molar-refractivity contribution in [2.45, 2.75) is 52.7 Å². The maximum absolute atomic E-state index is 6.28. The third kappa shape index (κ3) is 3.55. The zero-order chi connectivity index (χ0) is 16.4. The molecular formula is C18H25N3O2. The first-order valence-electron chi connectivity index (χ1n) is 8.31. The Labute approximate surface area is 137 Å². The van der Waals surface area contributed by atoms with Crippen LogP contribution in [0.1, 0.15) is 48.6 Å². The molecule has 3 rings (SSSR count). The number of aromatic nitrogens is 2. The molecular weight excluding hydrogens is 290 g/mol. The van der Waals surface area contributed by atoms with Crippen LogP contribution in [0, 0.1) is 20.8 Å². The summed E-state index contributed by atoms with van der Waals surface area (Å²) in [6.45, 7) is 10.2. The van der Waals surface area contributed by atoms with Crippen LogP contribution in [0.5, 0.6) is 5.75 Å². The van der Waals surface area contributed by atoms with Gasteiger partial charge in [-0.25, -0.2) is 0 Å². The average Bonchev–Trinajstić information content (AvgIpc) is 2.97. The molecule has 1 aliphatic rings. The highest BCUT2D eigenvalue weighted by atomic mass is 16.5. The molecule has 0 aliphatic carbocycles. The zero-order valence-electron chi connectivity index (χ0n) is 14.4. The van der Waals surface area contributed by atoms with Gasteiger partial charge >= 0.3 is 0 Å². The van der Waals surface area contributed by atoms with E-state index in [1.807, 2.05) is 6.92 Å². The van der Waals surface area contributed by atoms with Gasteiger partial charge in [0.1, 0.15) is 11.9 Å². The Kier molecular flexibility index (Phi) is 4.66. The molecule has 0 unspecified atom stereocenters. The number of rotatable bonds is 4. The predicted octanol–water partition coefficient (Wildman–Crippen LogP) is 3.60. The summed E-state index contributed by atoms with van der Waals surface area (Å²) in [5, 5.41) is 3.89. The van der Waals surface area contributed by atoms with Crippen molar-refractivity contribution in [3.05, 3.63) is 41.0 Å². The SMILES string of the molecule is Cc1noc([C@@H](C)N2CCC(Oc3c(C)cccc3C)CC2)n1. The zero-order valence-corrected chi connectivity index (χ0v) is 14.4. The number of likely N-dealkylation sites (tertiary alicyclic amines) is 1. The summed E-state index contributed by atoms with van der Waals surface area (Å²) in [7, 11) is 0. The summed E-state index contributed by atoms with van der Waals surface area (Å²) in [6.07, 6.45) is 2.32. The Morgan fingerprint density at radius 2 is 1.83 bits per heavy atom. The summed E-state index contributed by atoms with van der Waals surface area (Å²) >= 11 is 0. The lowest BCUT2D eigenvalue weighted by atomic mass is 10.0. The van der Waals surface area contributed by atoms with Crippen molar-refractivity contribution in [3.63, 3.8) is 0 Å². The molecule has 1 fully saturated rings. The fourth-order valence-electron chi connectivity index (χ4n) is 3.17. The predicted molar refractivity (Wildman–Crippen MR) is 88.6 cm³/mol. The van der Waals surface area contributed by atoms with Gasteiger partial charge in [-0.15, -0.1) is 0 Å². The minimum absolute atomic E-state index is 0.164. The Morgan fingerprint density at radius 1 is 1.17 bits per heavy atom. The monoisotopic (exact) mass is 315 g/mol. The second-order valence-corrected chi connectivity index (χ2v) is 6.43. The molecule has 0 spiro atoms. The van der Waals surface area contributed by atoms with Gasteiger partial charge in [-0.1, -0.05) is 23.4 Å². The van der Waals surface area contributed by atoms with E-state index in [0.29, 0.717) is 11.7 Å². The molecule has 1 aromatic heterocycles. The molecule has 0 N–H and O–H groups in total. The molecule has 0 radical (unpaired) electrons. The van der Waals surface area contributed by atoms with Gasteiger partial charge in [0.05, 0.1) is 6.04 Å². The standard InChI is InChI=1S/C18H25N3O2/c1-12-6-5-7-13(2)17(12)22-16-8-10-21(11-9-16)14(3)18-19-15(4)20-23-18/h5-7,14,16H,8-11H2,1-4H3/t14-/m1/s1. The van der Waals surface area contributed by atoms with Crippen LogP contribution in [-0.4, -0.2) is 34.2 Å². The lowest BCUT2D eigenvalue weighted by Crippen LogP contribution is -2.39. The van der Waals surface area contributed by atoms with E-state index in [4.69, 9.17) is 9.26 Å². The molecule has 2 aromatic rings. The molecule has 5 nitrogen and oxygen atoms in total. The number of benzene rings is 1. The lowest BCUT2D eigenvalue weighted by Gasteiger charge is -2.35. The highest BCUT2D eigenvalue weighted by Crippen LogP contribution is 2.28. The first-order valence-corrected chi connectivity index (χ1v) is 8.31. The van der Waals surface area contributed by atoms with E-state index >= 15 is 0 Å². The number of hydrogen-bond donors (Lipinski definition) is 0. The minimum Gasteiger partial charge on any atom is -0.490 e. The van der Waals surface area contributed by atoms with Crippen LogP contribution < -0.4 is 4.74 Å². The average molecular weight is 315 g/mol. The highest BCUT2D eigenvalue weighted by molar-refractivity contribution is 5.39. The summed E-state index contributed by atoms with van der Waals surface area (Å²) < 4.78 is 11.6. The first kappa shape index (κ1) is 16.0. The van der Waals surface area contributed by atoms with Crippen LogP contribution in [0.15, 0.2) is 22.7 Å². The molecule has 1 aromatic carbocycles. The van der Waals surface area contributed by atoms with Crippen molar-refractivity contribution < 1.29 is 9.26 Å². The highest BCUT2D eigenvalue weighted by Gasteiger charge is 2.27. The largest absolute Gasteiger partial charge is 0.490 e. The number of hydrogen-bond acceptors (Lipinski definition) is 5. The Balaban J connectivity index is 1.58. The fraction of sp³-hybridized carbons (Fsp3) is 0.556. The van der Waals surface area contributed by atoms with Gasteiger partial charge in [0, 0.05) is 13.1 Å². The lowest BCUT2D eigenvalue weighted by molar-refractivity contribution is 0.0693. The molecule has 0 bridgehead atoms. The number of piperidine rings is 1. The number of para-hydroxylation sites is 1. The van der Waals surface area contributed by atoms with Crippen LogP contribution in [0.25, 0.3) is 0 Å². The van der Waals surface area contributed by atoms with E-state index in [1.54, 1.807) is 0 Å². The molecule has 2 heterocycles. The van der Waals surface area contributed by atoms with Crippen molar-refractivity contribution in [3.8, 4) is 5.75 Å². The molecule has 23 heavy (non-hydrogen) atoms. The van der Waals surface area contributed by atoms with Gasteiger partial charge in [0.25, 0.3) is 0 Å². The molecule has 0 saturated carbocycles. The normalized spacial score (nSPS) is 18.1. The quantitative estimate of drug-likeness (QED) is 0.863. The van der Waals surface area contributed by atoms with Crippen molar-refractivity contribution in [2.75, 3.05) is 13.1 Å². The molecule has 1 aliphatic heterocycles. The van der Waals surface area contributed by atoms with Gasteiger partial charge in [0.15, 0.2) is 5.82 Å². The Bertz CT molecular complexity index is 640. The third-order valence-corrected chi connectivity index (χ3v) is 4.62. The van der Waals surface area contributed by atoms with Gasteiger partial charge < -0.3 is 9.26 Å². The van der Waals surface area contributed by atoms with E-state index < -0.39 is 0 Å². The maximum atomic E-state index is 6.28.